The summed E-state index contributed by atoms with van der Waals surface area (Å²) in [5, 5.41) is 6.21. The van der Waals surface area contributed by atoms with Gasteiger partial charge in [-0.15, -0.1) is 0 Å². The third-order valence-corrected chi connectivity index (χ3v) is 3.41. The molecule has 2 heterocycles. The lowest BCUT2D eigenvalue weighted by Gasteiger charge is -2.40. The lowest BCUT2D eigenvalue weighted by molar-refractivity contribution is 0.106. The van der Waals surface area contributed by atoms with E-state index in [1.165, 1.54) is 0 Å². The molecule has 0 spiro atoms. The van der Waals surface area contributed by atoms with Gasteiger partial charge in [-0.2, -0.15) is 0 Å². The molecule has 2 aliphatic heterocycles. The predicted molar refractivity (Wildman–Crippen MR) is 63.5 cm³/mol. The van der Waals surface area contributed by atoms with E-state index in [2.05, 4.69) is 29.4 Å². The van der Waals surface area contributed by atoms with Gasteiger partial charge in [0.1, 0.15) is 0 Å². The summed E-state index contributed by atoms with van der Waals surface area (Å²) in [6.45, 7) is 11.2. The molecule has 0 aliphatic carbocycles. The van der Waals surface area contributed by atoms with Crippen LogP contribution in [0.1, 0.15) is 13.8 Å². The minimum Gasteiger partial charge on any atom is -0.336 e. The van der Waals surface area contributed by atoms with Crippen LogP contribution in [0, 0.1) is 0 Å². The molecule has 0 unspecified atom stereocenters. The molecule has 92 valence electrons. The molecule has 0 bridgehead atoms. The zero-order valence-corrected chi connectivity index (χ0v) is 10.3. The van der Waals surface area contributed by atoms with Gasteiger partial charge in [-0.3, -0.25) is 4.90 Å². The number of rotatable bonds is 3. The zero-order valence-electron chi connectivity index (χ0n) is 10.3. The van der Waals surface area contributed by atoms with Crippen molar-refractivity contribution in [2.24, 2.45) is 0 Å². The van der Waals surface area contributed by atoms with E-state index in [-0.39, 0.29) is 11.6 Å². The maximum absolute atomic E-state index is 11.6. The van der Waals surface area contributed by atoms with Crippen molar-refractivity contribution >= 4 is 6.03 Å². The van der Waals surface area contributed by atoms with Gasteiger partial charge >= 0.3 is 6.03 Å². The Balaban J connectivity index is 1.92. The molecule has 0 saturated carbocycles. The van der Waals surface area contributed by atoms with Crippen LogP contribution in [0.4, 0.5) is 4.79 Å². The summed E-state index contributed by atoms with van der Waals surface area (Å²) < 4.78 is 0. The fourth-order valence-corrected chi connectivity index (χ4v) is 2.55. The molecule has 2 fully saturated rings. The van der Waals surface area contributed by atoms with Crippen molar-refractivity contribution in [3.8, 4) is 0 Å². The van der Waals surface area contributed by atoms with E-state index in [4.69, 9.17) is 0 Å². The van der Waals surface area contributed by atoms with Crippen molar-refractivity contribution in [2.75, 3.05) is 45.8 Å². The fourth-order valence-electron chi connectivity index (χ4n) is 2.55. The lowest BCUT2D eigenvalue weighted by atomic mass is 10.0. The van der Waals surface area contributed by atoms with Crippen molar-refractivity contribution in [1.82, 2.24) is 20.4 Å². The largest absolute Gasteiger partial charge is 0.336 e. The van der Waals surface area contributed by atoms with Gasteiger partial charge in [-0.25, -0.2) is 4.79 Å². The molecule has 5 heteroatoms. The second kappa shape index (κ2) is 4.59. The first-order chi connectivity index (χ1) is 7.59. The normalized spacial score (nSPS) is 23.6. The van der Waals surface area contributed by atoms with E-state index < -0.39 is 0 Å². The first kappa shape index (κ1) is 11.7. The minimum atomic E-state index is -0.0715. The van der Waals surface area contributed by atoms with Crippen LogP contribution in [0.25, 0.3) is 0 Å². The van der Waals surface area contributed by atoms with E-state index in [0.717, 1.165) is 45.8 Å². The third-order valence-electron chi connectivity index (χ3n) is 3.41. The highest BCUT2D eigenvalue weighted by Gasteiger charge is 2.35. The molecule has 0 aromatic heterocycles. The number of amides is 2. The molecule has 0 radical (unpaired) electrons. The van der Waals surface area contributed by atoms with Gasteiger partial charge in [-0.1, -0.05) is 0 Å². The van der Waals surface area contributed by atoms with E-state index >= 15 is 0 Å². The SMILES string of the molecule is CC(C)(CN1CCNCC1)N1CCNC1=O. The Morgan fingerprint density at radius 3 is 2.44 bits per heavy atom. The minimum absolute atomic E-state index is 0.0715. The molecular formula is C11H22N4O. The van der Waals surface area contributed by atoms with Crippen molar-refractivity contribution in [3.05, 3.63) is 0 Å². The van der Waals surface area contributed by atoms with Crippen molar-refractivity contribution in [1.29, 1.82) is 0 Å². The quantitative estimate of drug-likeness (QED) is 0.694. The first-order valence-electron chi connectivity index (χ1n) is 6.08. The molecule has 0 atom stereocenters. The second-order valence-corrected chi connectivity index (χ2v) is 5.22. The highest BCUT2D eigenvalue weighted by atomic mass is 16.2. The Morgan fingerprint density at radius 2 is 1.88 bits per heavy atom. The Labute approximate surface area is 97.2 Å². The van der Waals surface area contributed by atoms with Gasteiger partial charge in [-0.05, 0) is 13.8 Å². The maximum atomic E-state index is 11.6. The molecule has 0 aromatic carbocycles. The average Bonchev–Trinajstić information content (AvgIpc) is 2.66. The number of urea groups is 1. The van der Waals surface area contributed by atoms with Crippen LogP contribution >= 0.6 is 0 Å². The molecule has 16 heavy (non-hydrogen) atoms. The number of hydrogen-bond donors (Lipinski definition) is 2. The standard InChI is InChI=1S/C11H22N4O/c1-11(2,15-8-5-13-10(15)16)9-14-6-3-12-4-7-14/h12H,3-9H2,1-2H3,(H,13,16). The van der Waals surface area contributed by atoms with Gasteiger partial charge in [0.2, 0.25) is 0 Å². The second-order valence-electron chi connectivity index (χ2n) is 5.22. The molecule has 2 amide bonds. The van der Waals surface area contributed by atoms with Crippen LogP contribution in [-0.4, -0.2) is 67.2 Å². The monoisotopic (exact) mass is 226 g/mol. The molecule has 2 rings (SSSR count). The number of piperazine rings is 1. The van der Waals surface area contributed by atoms with Gasteiger partial charge in [0.05, 0.1) is 5.54 Å². The lowest BCUT2D eigenvalue weighted by Crippen LogP contribution is -2.56. The summed E-state index contributed by atoms with van der Waals surface area (Å²) in [4.78, 5) is 16.0. The molecule has 2 saturated heterocycles. The summed E-state index contributed by atoms with van der Waals surface area (Å²) in [6, 6.07) is 0.0835. The fraction of sp³-hybridized carbons (Fsp3) is 0.909. The molecule has 0 aromatic rings. The average molecular weight is 226 g/mol. The predicted octanol–water partition coefficient (Wildman–Crippen LogP) is -0.305. The number of hydrogen-bond acceptors (Lipinski definition) is 3. The van der Waals surface area contributed by atoms with Crippen LogP contribution in [0.3, 0.4) is 0 Å². The number of nitrogens with one attached hydrogen (secondary N) is 2. The van der Waals surface area contributed by atoms with Crippen molar-refractivity contribution < 1.29 is 4.79 Å². The molecular weight excluding hydrogens is 204 g/mol. The summed E-state index contributed by atoms with van der Waals surface area (Å²) in [5.74, 6) is 0. The van der Waals surface area contributed by atoms with E-state index in [9.17, 15) is 4.79 Å². The number of carbonyl (C=O) groups is 1. The van der Waals surface area contributed by atoms with Crippen LogP contribution in [-0.2, 0) is 0 Å². The summed E-state index contributed by atoms with van der Waals surface area (Å²) in [5.41, 5.74) is -0.0715. The highest BCUT2D eigenvalue weighted by Crippen LogP contribution is 2.18. The van der Waals surface area contributed by atoms with E-state index in [1.54, 1.807) is 0 Å². The summed E-state index contributed by atoms with van der Waals surface area (Å²) in [7, 11) is 0. The third kappa shape index (κ3) is 2.47. The van der Waals surface area contributed by atoms with Gasteiger partial charge < -0.3 is 15.5 Å². The Kier molecular flexibility index (Phi) is 3.35. The molecule has 5 nitrogen and oxygen atoms in total. The van der Waals surface area contributed by atoms with Crippen LogP contribution < -0.4 is 10.6 Å². The number of carbonyl (C=O) groups excluding carboxylic acids is 1. The van der Waals surface area contributed by atoms with Crippen molar-refractivity contribution in [2.45, 2.75) is 19.4 Å². The zero-order chi connectivity index (χ0) is 11.6. The Bertz CT molecular complexity index is 261. The summed E-state index contributed by atoms with van der Waals surface area (Å²) in [6.07, 6.45) is 0. The number of nitrogens with zero attached hydrogens (tertiary/aromatic N) is 2. The van der Waals surface area contributed by atoms with Crippen LogP contribution in [0.2, 0.25) is 0 Å². The first-order valence-corrected chi connectivity index (χ1v) is 6.08. The maximum Gasteiger partial charge on any atom is 0.318 e. The van der Waals surface area contributed by atoms with Gasteiger partial charge in [0, 0.05) is 45.8 Å². The Morgan fingerprint density at radius 1 is 1.19 bits per heavy atom. The Hall–Kier alpha value is -0.810. The highest BCUT2D eigenvalue weighted by molar-refractivity contribution is 5.77. The smallest absolute Gasteiger partial charge is 0.318 e. The van der Waals surface area contributed by atoms with Gasteiger partial charge in [0.25, 0.3) is 0 Å². The van der Waals surface area contributed by atoms with Crippen molar-refractivity contribution in [3.63, 3.8) is 0 Å². The van der Waals surface area contributed by atoms with E-state index in [0.29, 0.717) is 0 Å². The van der Waals surface area contributed by atoms with Gasteiger partial charge in [0.15, 0.2) is 0 Å². The van der Waals surface area contributed by atoms with Crippen LogP contribution in [0.5, 0.6) is 0 Å². The van der Waals surface area contributed by atoms with Crippen LogP contribution in [0.15, 0.2) is 0 Å². The van der Waals surface area contributed by atoms with E-state index in [1.807, 2.05) is 4.90 Å². The molecule has 2 aliphatic rings. The molecule has 2 N–H and O–H groups in total. The summed E-state index contributed by atoms with van der Waals surface area (Å²) >= 11 is 0. The topological polar surface area (TPSA) is 47.6 Å².